The van der Waals surface area contributed by atoms with Gasteiger partial charge in [-0.25, -0.2) is 0 Å². The summed E-state index contributed by atoms with van der Waals surface area (Å²) >= 11 is 1.52. The molecule has 1 atom stereocenters. The van der Waals surface area contributed by atoms with Crippen LogP contribution < -0.4 is 15.5 Å². The number of carbonyl (C=O) groups excluding carboxylic acids is 3. The summed E-state index contributed by atoms with van der Waals surface area (Å²) in [6.07, 6.45) is 4.88. The van der Waals surface area contributed by atoms with Crippen LogP contribution in [-0.4, -0.2) is 44.3 Å². The molecule has 7 heteroatoms. The maximum absolute atomic E-state index is 13.2. The van der Waals surface area contributed by atoms with Crippen molar-refractivity contribution in [2.45, 2.75) is 39.0 Å². The second kappa shape index (κ2) is 10.5. The number of amides is 2. The van der Waals surface area contributed by atoms with Gasteiger partial charge in [0.25, 0.3) is 11.8 Å². The molecule has 0 radical (unpaired) electrons. The molecule has 1 unspecified atom stereocenters. The standard InChI is InChI=1S/C23H29N3O3S/c1-3-13-24-19(27)14-26(2)15-20(28)25-23-21(17-11-7-8-12-18(17)30-23)22(29)16-9-5-4-6-10-16/h4-6,9-10H,3,7-8,11-15H2,1-2H3,(H,24,27)(H,25,28)/p+1. The number of nitrogens with one attached hydrogen (secondary N) is 3. The number of ketones is 1. The van der Waals surface area contributed by atoms with E-state index in [1.54, 1.807) is 0 Å². The Bertz CT molecular complexity index is 908. The molecule has 2 amide bonds. The van der Waals surface area contributed by atoms with Gasteiger partial charge in [0.15, 0.2) is 18.9 Å². The molecule has 160 valence electrons. The molecule has 0 aliphatic heterocycles. The van der Waals surface area contributed by atoms with E-state index in [1.165, 1.54) is 16.2 Å². The van der Waals surface area contributed by atoms with E-state index in [0.29, 0.717) is 22.7 Å². The molecule has 1 aliphatic carbocycles. The smallest absolute Gasteiger partial charge is 0.280 e. The Hall–Kier alpha value is -2.51. The predicted molar refractivity (Wildman–Crippen MR) is 119 cm³/mol. The predicted octanol–water partition coefficient (Wildman–Crippen LogP) is 1.84. The Kier molecular flexibility index (Phi) is 7.76. The number of anilines is 1. The highest BCUT2D eigenvalue weighted by Crippen LogP contribution is 2.39. The fourth-order valence-electron chi connectivity index (χ4n) is 3.74. The third-order valence-corrected chi connectivity index (χ3v) is 6.39. The maximum Gasteiger partial charge on any atom is 0.280 e. The van der Waals surface area contributed by atoms with Crippen LogP contribution in [0.25, 0.3) is 0 Å². The van der Waals surface area contributed by atoms with Crippen molar-refractivity contribution in [1.29, 1.82) is 0 Å². The number of rotatable bonds is 9. The van der Waals surface area contributed by atoms with Crippen molar-refractivity contribution in [3.63, 3.8) is 0 Å². The van der Waals surface area contributed by atoms with E-state index in [4.69, 9.17) is 0 Å². The van der Waals surface area contributed by atoms with Crippen LogP contribution in [0.4, 0.5) is 5.00 Å². The molecule has 1 heterocycles. The first-order chi connectivity index (χ1) is 14.5. The number of hydrogen-bond acceptors (Lipinski definition) is 4. The highest BCUT2D eigenvalue weighted by molar-refractivity contribution is 7.17. The summed E-state index contributed by atoms with van der Waals surface area (Å²) in [7, 11) is 1.82. The quantitative estimate of drug-likeness (QED) is 0.533. The fourth-order valence-corrected chi connectivity index (χ4v) is 5.04. The van der Waals surface area contributed by atoms with Crippen molar-refractivity contribution in [2.24, 2.45) is 0 Å². The van der Waals surface area contributed by atoms with Gasteiger partial charge in [-0.3, -0.25) is 14.4 Å². The van der Waals surface area contributed by atoms with Crippen LogP contribution in [-0.2, 0) is 22.4 Å². The first-order valence-corrected chi connectivity index (χ1v) is 11.4. The zero-order valence-electron chi connectivity index (χ0n) is 17.7. The molecule has 1 aromatic heterocycles. The van der Waals surface area contributed by atoms with Crippen LogP contribution in [0.3, 0.4) is 0 Å². The van der Waals surface area contributed by atoms with Crippen LogP contribution in [0.2, 0.25) is 0 Å². The molecule has 1 aliphatic rings. The Morgan fingerprint density at radius 1 is 1.03 bits per heavy atom. The van der Waals surface area contributed by atoms with Gasteiger partial charge in [0, 0.05) is 17.0 Å². The molecule has 0 saturated heterocycles. The highest BCUT2D eigenvalue weighted by Gasteiger charge is 2.27. The van der Waals surface area contributed by atoms with Gasteiger partial charge < -0.3 is 15.5 Å². The summed E-state index contributed by atoms with van der Waals surface area (Å²) in [5.41, 5.74) is 2.37. The van der Waals surface area contributed by atoms with E-state index in [1.807, 2.05) is 44.3 Å². The number of carbonyl (C=O) groups is 3. The molecule has 6 nitrogen and oxygen atoms in total. The molecular weight excluding hydrogens is 398 g/mol. The molecule has 0 spiro atoms. The Balaban J connectivity index is 1.74. The van der Waals surface area contributed by atoms with E-state index in [0.717, 1.165) is 42.6 Å². The van der Waals surface area contributed by atoms with Gasteiger partial charge in [-0.2, -0.15) is 0 Å². The molecule has 0 bridgehead atoms. The Morgan fingerprint density at radius 3 is 2.47 bits per heavy atom. The van der Waals surface area contributed by atoms with E-state index in [2.05, 4.69) is 10.6 Å². The second-order valence-corrected chi connectivity index (χ2v) is 8.92. The molecule has 30 heavy (non-hydrogen) atoms. The fraction of sp³-hybridized carbons (Fsp3) is 0.435. The van der Waals surface area contributed by atoms with Crippen molar-refractivity contribution >= 4 is 33.9 Å². The highest BCUT2D eigenvalue weighted by atomic mass is 32.1. The van der Waals surface area contributed by atoms with E-state index in [9.17, 15) is 14.4 Å². The van der Waals surface area contributed by atoms with Gasteiger partial charge in [0.05, 0.1) is 12.6 Å². The van der Waals surface area contributed by atoms with Crippen LogP contribution in [0.1, 0.15) is 52.5 Å². The zero-order chi connectivity index (χ0) is 21.5. The topological polar surface area (TPSA) is 79.7 Å². The molecule has 0 saturated carbocycles. The normalized spacial score (nSPS) is 13.9. The van der Waals surface area contributed by atoms with Crippen LogP contribution in [0, 0.1) is 0 Å². The zero-order valence-corrected chi connectivity index (χ0v) is 18.5. The molecule has 3 rings (SSSR count). The van der Waals surface area contributed by atoms with Crippen LogP contribution >= 0.6 is 11.3 Å². The number of fused-ring (bicyclic) bond motifs is 1. The summed E-state index contributed by atoms with van der Waals surface area (Å²) < 4.78 is 0. The molecular formula is C23H30N3O3S+. The lowest BCUT2D eigenvalue weighted by Crippen LogP contribution is -3.11. The first kappa shape index (κ1) is 22.2. The maximum atomic E-state index is 13.2. The monoisotopic (exact) mass is 428 g/mol. The number of likely N-dealkylation sites (N-methyl/N-ethyl adjacent to an activating group) is 1. The summed E-state index contributed by atoms with van der Waals surface area (Å²) in [5.74, 6) is -0.282. The largest absolute Gasteiger partial charge is 0.351 e. The lowest BCUT2D eigenvalue weighted by molar-refractivity contribution is -0.862. The summed E-state index contributed by atoms with van der Waals surface area (Å²) in [6.45, 7) is 3.05. The van der Waals surface area contributed by atoms with Crippen molar-refractivity contribution < 1.29 is 19.3 Å². The molecule has 2 aromatic rings. The van der Waals surface area contributed by atoms with Gasteiger partial charge in [0.2, 0.25) is 0 Å². The number of quaternary nitrogens is 1. The number of aryl methyl sites for hydroxylation is 1. The second-order valence-electron chi connectivity index (χ2n) is 7.82. The number of benzene rings is 1. The lowest BCUT2D eigenvalue weighted by Gasteiger charge is -2.14. The Labute approximate surface area is 181 Å². The Morgan fingerprint density at radius 2 is 1.73 bits per heavy atom. The minimum absolute atomic E-state index is 0.0371. The van der Waals surface area contributed by atoms with Crippen LogP contribution in [0.15, 0.2) is 30.3 Å². The average molecular weight is 429 g/mol. The molecule has 1 aromatic carbocycles. The van der Waals surface area contributed by atoms with Gasteiger partial charge in [0.1, 0.15) is 5.00 Å². The third kappa shape index (κ3) is 5.55. The SMILES string of the molecule is CCCNC(=O)C[NH+](C)CC(=O)Nc1sc2c(c1C(=O)c1ccccc1)CCCC2. The van der Waals surface area contributed by atoms with Gasteiger partial charge in [-0.05, 0) is 37.7 Å². The minimum Gasteiger partial charge on any atom is -0.351 e. The summed E-state index contributed by atoms with van der Waals surface area (Å²) in [6, 6.07) is 9.22. The van der Waals surface area contributed by atoms with E-state index < -0.39 is 0 Å². The van der Waals surface area contributed by atoms with Crippen molar-refractivity contribution in [2.75, 3.05) is 32.0 Å². The number of hydrogen-bond donors (Lipinski definition) is 3. The summed E-state index contributed by atoms with van der Waals surface area (Å²) in [5, 5.41) is 6.44. The van der Waals surface area contributed by atoms with Gasteiger partial charge >= 0.3 is 0 Å². The minimum atomic E-state index is -0.184. The van der Waals surface area contributed by atoms with Gasteiger partial charge in [-0.15, -0.1) is 11.3 Å². The van der Waals surface area contributed by atoms with Crippen LogP contribution in [0.5, 0.6) is 0 Å². The van der Waals surface area contributed by atoms with E-state index >= 15 is 0 Å². The van der Waals surface area contributed by atoms with Crippen molar-refractivity contribution in [3.05, 3.63) is 51.9 Å². The first-order valence-electron chi connectivity index (χ1n) is 10.6. The number of thiophene rings is 1. The summed E-state index contributed by atoms with van der Waals surface area (Å²) in [4.78, 5) is 39.8. The van der Waals surface area contributed by atoms with Crippen molar-refractivity contribution in [1.82, 2.24) is 5.32 Å². The molecule has 3 N–H and O–H groups in total. The van der Waals surface area contributed by atoms with E-state index in [-0.39, 0.29) is 30.7 Å². The molecule has 0 fully saturated rings. The van der Waals surface area contributed by atoms with Crippen molar-refractivity contribution in [3.8, 4) is 0 Å². The average Bonchev–Trinajstić information content (AvgIpc) is 3.09. The third-order valence-electron chi connectivity index (χ3n) is 5.18. The van der Waals surface area contributed by atoms with Gasteiger partial charge in [-0.1, -0.05) is 37.3 Å². The lowest BCUT2D eigenvalue weighted by atomic mass is 9.92.